The lowest BCUT2D eigenvalue weighted by molar-refractivity contribution is -0.136. The Balaban J connectivity index is 1.32. The summed E-state index contributed by atoms with van der Waals surface area (Å²) in [5.41, 5.74) is 1.45. The standard InChI is InChI=1S/C29H38N4O3/c30-24(11-12-27(34)35)28-29(36)33(26-10-2-1-9-25(26)31-28)23-16-20-7-4-8-21(17-23)32(20)22-14-18-5-3-6-19(13-18)15-22/h1-2,9-10,18-23,30H,3-8,11-17H2,(H,34,35)/t18?,19?,20-,21+,22?,23?. The molecule has 0 amide bonds. The van der Waals surface area contributed by atoms with Crippen molar-refractivity contribution in [3.05, 3.63) is 40.3 Å². The van der Waals surface area contributed by atoms with E-state index in [1.54, 1.807) is 0 Å². The maximum absolute atomic E-state index is 13.8. The quantitative estimate of drug-likeness (QED) is 0.545. The van der Waals surface area contributed by atoms with Crippen molar-refractivity contribution in [3.63, 3.8) is 0 Å². The van der Waals surface area contributed by atoms with Crippen LogP contribution in [-0.4, -0.2) is 49.4 Å². The van der Waals surface area contributed by atoms with Crippen LogP contribution in [0.3, 0.4) is 0 Å². The van der Waals surface area contributed by atoms with E-state index in [0.29, 0.717) is 23.6 Å². The Kier molecular flexibility index (Phi) is 6.44. The van der Waals surface area contributed by atoms with E-state index >= 15 is 0 Å². The lowest BCUT2D eigenvalue weighted by Gasteiger charge is -2.55. The molecule has 6 rings (SSSR count). The van der Waals surface area contributed by atoms with E-state index in [1.807, 2.05) is 28.8 Å². The first-order chi connectivity index (χ1) is 17.5. The molecule has 1 aromatic heterocycles. The molecule has 2 aliphatic heterocycles. The van der Waals surface area contributed by atoms with Crippen molar-refractivity contribution >= 4 is 22.7 Å². The van der Waals surface area contributed by atoms with E-state index in [4.69, 9.17) is 10.5 Å². The summed E-state index contributed by atoms with van der Waals surface area (Å²) in [6.07, 6.45) is 13.9. The number of hydrogen-bond acceptors (Lipinski definition) is 5. The van der Waals surface area contributed by atoms with E-state index in [2.05, 4.69) is 9.88 Å². The summed E-state index contributed by atoms with van der Waals surface area (Å²) in [6, 6.07) is 9.55. The number of para-hydroxylation sites is 2. The molecule has 2 aromatic rings. The lowest BCUT2D eigenvalue weighted by atomic mass is 9.68. The van der Waals surface area contributed by atoms with E-state index in [1.165, 1.54) is 57.8 Å². The van der Waals surface area contributed by atoms with Crippen LogP contribution < -0.4 is 5.56 Å². The van der Waals surface area contributed by atoms with Crippen molar-refractivity contribution in [1.29, 1.82) is 5.41 Å². The predicted molar refractivity (Wildman–Crippen MR) is 140 cm³/mol. The molecule has 2 N–H and O–H groups in total. The molecule has 36 heavy (non-hydrogen) atoms. The van der Waals surface area contributed by atoms with E-state index in [0.717, 1.165) is 30.2 Å². The van der Waals surface area contributed by atoms with Crippen LogP contribution in [0.1, 0.15) is 95.2 Å². The molecule has 3 heterocycles. The Labute approximate surface area is 212 Å². The number of aromatic nitrogens is 2. The second-order valence-electron chi connectivity index (χ2n) is 11.8. The topological polar surface area (TPSA) is 99.3 Å². The lowest BCUT2D eigenvalue weighted by Crippen LogP contribution is -2.58. The van der Waals surface area contributed by atoms with Gasteiger partial charge in [0, 0.05) is 30.6 Å². The molecule has 4 bridgehead atoms. The summed E-state index contributed by atoms with van der Waals surface area (Å²) in [6.45, 7) is 0. The Morgan fingerprint density at radius 2 is 1.56 bits per heavy atom. The second-order valence-corrected chi connectivity index (χ2v) is 11.8. The van der Waals surface area contributed by atoms with Gasteiger partial charge < -0.3 is 15.1 Å². The maximum atomic E-state index is 13.8. The number of hydrogen-bond donors (Lipinski definition) is 2. The highest BCUT2D eigenvalue weighted by atomic mass is 16.4. The summed E-state index contributed by atoms with van der Waals surface area (Å²) in [7, 11) is 0. The Bertz CT molecular complexity index is 1200. The first-order valence-electron chi connectivity index (χ1n) is 14.1. The highest BCUT2D eigenvalue weighted by Gasteiger charge is 2.45. The zero-order chi connectivity index (χ0) is 24.8. The van der Waals surface area contributed by atoms with Crippen molar-refractivity contribution in [2.75, 3.05) is 0 Å². The molecular weight excluding hydrogens is 452 g/mol. The first kappa shape index (κ1) is 23.8. The molecule has 5 atom stereocenters. The molecule has 1 aromatic carbocycles. The number of nitrogens with one attached hydrogen (secondary N) is 1. The molecule has 7 heteroatoms. The van der Waals surface area contributed by atoms with Crippen LogP contribution in [-0.2, 0) is 4.79 Å². The molecule has 7 nitrogen and oxygen atoms in total. The normalized spacial score (nSPS) is 32.3. The summed E-state index contributed by atoms with van der Waals surface area (Å²) >= 11 is 0. The van der Waals surface area contributed by atoms with Crippen molar-refractivity contribution in [2.24, 2.45) is 11.8 Å². The molecule has 0 radical (unpaired) electrons. The number of carbonyl (C=O) groups is 1. The van der Waals surface area contributed by atoms with Crippen LogP contribution in [0.15, 0.2) is 29.1 Å². The predicted octanol–water partition coefficient (Wildman–Crippen LogP) is 5.16. The first-order valence-corrected chi connectivity index (χ1v) is 14.1. The summed E-state index contributed by atoms with van der Waals surface area (Å²) in [5.74, 6) is 0.854. The number of aliphatic carboxylic acids is 1. The molecular formula is C29H38N4O3. The van der Waals surface area contributed by atoms with Gasteiger partial charge in [0.25, 0.3) is 5.56 Å². The van der Waals surface area contributed by atoms with Crippen LogP contribution in [0.2, 0.25) is 0 Å². The summed E-state index contributed by atoms with van der Waals surface area (Å²) < 4.78 is 1.92. The van der Waals surface area contributed by atoms with E-state index in [-0.39, 0.29) is 35.8 Å². The number of fused-ring (bicyclic) bond motifs is 5. The maximum Gasteiger partial charge on any atom is 0.303 e. The van der Waals surface area contributed by atoms with Crippen LogP contribution in [0.25, 0.3) is 11.0 Å². The van der Waals surface area contributed by atoms with Gasteiger partial charge in [-0.2, -0.15) is 0 Å². The monoisotopic (exact) mass is 490 g/mol. The molecule has 3 unspecified atom stereocenters. The fourth-order valence-corrected chi connectivity index (χ4v) is 8.20. The van der Waals surface area contributed by atoms with Crippen LogP contribution in [0.5, 0.6) is 0 Å². The molecule has 2 saturated carbocycles. The molecule has 2 saturated heterocycles. The van der Waals surface area contributed by atoms with Crippen LogP contribution in [0, 0.1) is 17.2 Å². The van der Waals surface area contributed by atoms with E-state index < -0.39 is 5.97 Å². The third kappa shape index (κ3) is 4.40. The second kappa shape index (κ2) is 9.73. The zero-order valence-corrected chi connectivity index (χ0v) is 21.1. The number of rotatable bonds is 6. The van der Waals surface area contributed by atoms with Gasteiger partial charge in [-0.15, -0.1) is 0 Å². The van der Waals surface area contributed by atoms with Gasteiger partial charge in [-0.05, 0) is 68.9 Å². The van der Waals surface area contributed by atoms with Gasteiger partial charge in [0.15, 0.2) is 0 Å². The van der Waals surface area contributed by atoms with Crippen molar-refractivity contribution in [1.82, 2.24) is 14.5 Å². The number of piperidine rings is 2. The minimum absolute atomic E-state index is 0.0175. The third-order valence-electron chi connectivity index (χ3n) is 9.56. The summed E-state index contributed by atoms with van der Waals surface area (Å²) in [5, 5.41) is 17.5. The van der Waals surface area contributed by atoms with Crippen molar-refractivity contribution < 1.29 is 9.90 Å². The average molecular weight is 491 g/mol. The van der Waals surface area contributed by atoms with Gasteiger partial charge in [0.1, 0.15) is 5.69 Å². The Morgan fingerprint density at radius 3 is 2.25 bits per heavy atom. The highest BCUT2D eigenvalue weighted by molar-refractivity contribution is 5.98. The largest absolute Gasteiger partial charge is 0.481 e. The van der Waals surface area contributed by atoms with Crippen molar-refractivity contribution in [2.45, 2.75) is 108 Å². The van der Waals surface area contributed by atoms with Gasteiger partial charge in [-0.3, -0.25) is 14.5 Å². The van der Waals surface area contributed by atoms with Crippen molar-refractivity contribution in [3.8, 4) is 0 Å². The average Bonchev–Trinajstić information content (AvgIpc) is 2.86. The van der Waals surface area contributed by atoms with Gasteiger partial charge in [-0.1, -0.05) is 37.8 Å². The minimum Gasteiger partial charge on any atom is -0.481 e. The van der Waals surface area contributed by atoms with Crippen LogP contribution >= 0.6 is 0 Å². The fourth-order valence-electron chi connectivity index (χ4n) is 8.20. The molecule has 2 aliphatic carbocycles. The minimum atomic E-state index is -0.965. The van der Waals surface area contributed by atoms with Gasteiger partial charge in [0.05, 0.1) is 23.2 Å². The zero-order valence-electron chi connectivity index (χ0n) is 21.1. The van der Waals surface area contributed by atoms with Gasteiger partial charge in [-0.25, -0.2) is 4.98 Å². The fraction of sp³-hybridized carbons (Fsp3) is 0.655. The van der Waals surface area contributed by atoms with Gasteiger partial charge >= 0.3 is 5.97 Å². The smallest absolute Gasteiger partial charge is 0.303 e. The third-order valence-corrected chi connectivity index (χ3v) is 9.56. The molecule has 4 aliphatic rings. The molecule has 0 spiro atoms. The number of carboxylic acid groups (broad SMARTS) is 1. The Hall–Kier alpha value is -2.54. The SMILES string of the molecule is N=C(CCC(=O)O)c1nc2ccccc2n(C2C[C@H]3CCC[C@@H](C2)N3C2CC3CCCC(C3)C2)c1=O. The van der Waals surface area contributed by atoms with Crippen LogP contribution in [0.4, 0.5) is 0 Å². The Morgan fingerprint density at radius 1 is 0.889 bits per heavy atom. The number of nitrogens with zero attached hydrogens (tertiary/aromatic N) is 3. The summed E-state index contributed by atoms with van der Waals surface area (Å²) in [4.78, 5) is 32.3. The van der Waals surface area contributed by atoms with E-state index in [9.17, 15) is 9.59 Å². The molecule has 192 valence electrons. The number of carboxylic acids is 1. The highest BCUT2D eigenvalue weighted by Crippen LogP contribution is 2.47. The van der Waals surface area contributed by atoms with Gasteiger partial charge in [0.2, 0.25) is 0 Å². The molecule has 4 fully saturated rings. The number of benzene rings is 1.